The van der Waals surface area contributed by atoms with Crippen molar-refractivity contribution in [1.82, 2.24) is 4.48 Å². The summed E-state index contributed by atoms with van der Waals surface area (Å²) in [4.78, 5) is 5.45. The Bertz CT molecular complexity index is 3650. The van der Waals surface area contributed by atoms with Gasteiger partial charge in [-0.3, -0.25) is 0 Å². The zero-order valence-electron chi connectivity index (χ0n) is 37.0. The molecule has 5 nitrogen and oxygen atoms in total. The second kappa shape index (κ2) is 17.4. The van der Waals surface area contributed by atoms with Gasteiger partial charge in [0.15, 0.2) is 0 Å². The van der Waals surface area contributed by atoms with Gasteiger partial charge < -0.3 is 8.90 Å². The first-order valence-corrected chi connectivity index (χ1v) is 22.3. The Kier molecular flexibility index (Phi) is 11.2. The fourth-order valence-corrected chi connectivity index (χ4v) is 9.76. The van der Waals surface area contributed by atoms with Gasteiger partial charge in [-0.2, -0.15) is 26.3 Å². The number of allylic oxidation sites excluding steroid dienone is 2. The van der Waals surface area contributed by atoms with Crippen molar-refractivity contribution < 1.29 is 30.8 Å². The second-order valence-corrected chi connectivity index (χ2v) is 16.7. The summed E-state index contributed by atoms with van der Waals surface area (Å²) in [6.07, 6.45) is -8.48. The number of fused-ring (bicyclic) bond motifs is 5. The van der Waals surface area contributed by atoms with Crippen molar-refractivity contribution in [2.24, 2.45) is 4.99 Å². The van der Waals surface area contributed by atoms with Gasteiger partial charge >= 0.3 is 19.2 Å². The monoisotopic (exact) mass is 918 g/mol. The number of hydrogen-bond acceptors (Lipinski definition) is 4. The minimum Gasteiger partial charge on any atom is -0.456 e. The van der Waals surface area contributed by atoms with Gasteiger partial charge in [0.1, 0.15) is 11.2 Å². The van der Waals surface area contributed by atoms with E-state index in [0.717, 1.165) is 56.9 Å². The first-order valence-electron chi connectivity index (χ1n) is 22.3. The summed E-state index contributed by atoms with van der Waals surface area (Å²) >= 11 is 0. The molecule has 10 rings (SSSR count). The molecule has 1 aliphatic rings. The van der Waals surface area contributed by atoms with E-state index in [2.05, 4.69) is 11.9 Å². The number of benzene rings is 7. The van der Waals surface area contributed by atoms with Gasteiger partial charge in [0.25, 0.3) is 0 Å². The van der Waals surface area contributed by atoms with Crippen LogP contribution in [0.1, 0.15) is 59.3 Å². The number of alkyl halides is 6. The van der Waals surface area contributed by atoms with Crippen LogP contribution in [-0.4, -0.2) is 17.0 Å². The molecule has 3 heterocycles. The van der Waals surface area contributed by atoms with Crippen molar-refractivity contribution in [2.75, 3.05) is 0 Å². The summed E-state index contributed by atoms with van der Waals surface area (Å²) in [6.45, 7) is 2.34. The molecule has 2 aromatic heterocycles. The van der Waals surface area contributed by atoms with Gasteiger partial charge in [0.2, 0.25) is 0 Å². The van der Waals surface area contributed by atoms with Crippen LogP contribution in [0.4, 0.5) is 26.3 Å². The van der Waals surface area contributed by atoms with E-state index in [-0.39, 0.29) is 0 Å². The molecular formula is C57H37BF6N4O. The summed E-state index contributed by atoms with van der Waals surface area (Å²) in [6, 6.07) is 46.1. The van der Waals surface area contributed by atoms with Crippen molar-refractivity contribution in [3.8, 4) is 34.3 Å². The lowest BCUT2D eigenvalue weighted by molar-refractivity contribution is -0.138. The van der Waals surface area contributed by atoms with Crippen LogP contribution in [0, 0.1) is 22.5 Å². The fraction of sp³-hybridized carbons (Fsp3) is 0.105. The van der Waals surface area contributed by atoms with Crippen molar-refractivity contribution in [1.29, 1.82) is 10.5 Å². The van der Waals surface area contributed by atoms with E-state index in [1.807, 2.05) is 129 Å². The predicted molar refractivity (Wildman–Crippen MR) is 261 cm³/mol. The number of aromatic nitrogens is 1. The van der Waals surface area contributed by atoms with Gasteiger partial charge in [-0.25, -0.2) is 15.5 Å². The van der Waals surface area contributed by atoms with Crippen molar-refractivity contribution in [3.05, 3.63) is 214 Å². The van der Waals surface area contributed by atoms with Crippen molar-refractivity contribution >= 4 is 56.4 Å². The van der Waals surface area contributed by atoms with Gasteiger partial charge in [0, 0.05) is 44.4 Å². The molecule has 0 bridgehead atoms. The Morgan fingerprint density at radius 2 is 1.20 bits per heavy atom. The van der Waals surface area contributed by atoms with E-state index in [1.54, 1.807) is 4.48 Å². The molecule has 0 atom stereocenters. The average Bonchev–Trinajstić information content (AvgIpc) is 4.05. The molecule has 0 aliphatic carbocycles. The minimum atomic E-state index is -4.63. The number of aliphatic imine (C=N–C) groups is 1. The molecule has 336 valence electrons. The lowest BCUT2D eigenvalue weighted by Crippen LogP contribution is -2.25. The molecule has 0 saturated carbocycles. The van der Waals surface area contributed by atoms with Crippen LogP contribution in [0.25, 0.3) is 66.2 Å². The SMILES string of the molecule is CCC1=C(c2ccccc2)/C(=C(\c2ccc3c(c2)oc2ccc4ccccc4c23)c2c(-c3ccccc3)c(CC)c(-c3ccc(C(F)(F)F)cc3)n2B(C#N)C#N)N=C1c1ccc(C(F)(F)F)cc1. The Hall–Kier alpha value is -8.35. The highest BCUT2D eigenvalue weighted by Gasteiger charge is 2.38. The van der Waals surface area contributed by atoms with E-state index < -0.39 is 30.3 Å². The first kappa shape index (κ1) is 44.5. The van der Waals surface area contributed by atoms with Crippen LogP contribution in [0.3, 0.4) is 0 Å². The van der Waals surface area contributed by atoms with Crippen molar-refractivity contribution in [3.63, 3.8) is 0 Å². The molecule has 0 unspecified atom stereocenters. The molecule has 1 aliphatic heterocycles. The Balaban J connectivity index is 1.41. The molecule has 0 saturated heterocycles. The summed E-state index contributed by atoms with van der Waals surface area (Å²) in [5.74, 6) is 4.38. The number of nitriles is 2. The summed E-state index contributed by atoms with van der Waals surface area (Å²) in [5.41, 5.74) is 7.03. The first-order chi connectivity index (χ1) is 33.3. The fourth-order valence-electron chi connectivity index (χ4n) is 9.76. The third kappa shape index (κ3) is 7.68. The zero-order chi connectivity index (χ0) is 48.2. The number of rotatable bonds is 9. The average molecular weight is 919 g/mol. The molecule has 69 heavy (non-hydrogen) atoms. The topological polar surface area (TPSA) is 78.0 Å². The van der Waals surface area contributed by atoms with Gasteiger partial charge in [-0.15, -0.1) is 0 Å². The number of halogens is 6. The lowest BCUT2D eigenvalue weighted by Gasteiger charge is -2.20. The highest BCUT2D eigenvalue weighted by Crippen LogP contribution is 2.50. The van der Waals surface area contributed by atoms with Crippen LogP contribution in [0.2, 0.25) is 0 Å². The highest BCUT2D eigenvalue weighted by molar-refractivity contribution is 6.73. The maximum atomic E-state index is 14.1. The molecule has 0 N–H and O–H groups in total. The molecule has 0 spiro atoms. The Morgan fingerprint density at radius 1 is 0.609 bits per heavy atom. The largest absolute Gasteiger partial charge is 0.496 e. The number of furan rings is 1. The lowest BCUT2D eigenvalue weighted by atomic mass is 9.65. The normalized spacial score (nSPS) is 13.8. The van der Waals surface area contributed by atoms with Crippen LogP contribution in [-0.2, 0) is 18.8 Å². The molecule has 0 amide bonds. The van der Waals surface area contributed by atoms with Gasteiger partial charge in [-0.05, 0) is 99.5 Å². The number of nitrogens with zero attached hydrogens (tertiary/aromatic N) is 4. The van der Waals surface area contributed by atoms with E-state index in [1.165, 1.54) is 24.3 Å². The summed E-state index contributed by atoms with van der Waals surface area (Å²) in [5, 5.41) is 25.7. The molecule has 12 heteroatoms. The molecule has 0 radical (unpaired) electrons. The maximum Gasteiger partial charge on any atom is 0.496 e. The quantitative estimate of drug-likeness (QED) is 0.107. The maximum absolute atomic E-state index is 14.1. The molecular weight excluding hydrogens is 881 g/mol. The number of hydrogen-bond donors (Lipinski definition) is 0. The summed E-state index contributed by atoms with van der Waals surface area (Å²) < 4.78 is 92.4. The van der Waals surface area contributed by atoms with Gasteiger partial charge in [-0.1, -0.05) is 135 Å². The third-order valence-corrected chi connectivity index (χ3v) is 12.8. The Morgan fingerprint density at radius 3 is 1.80 bits per heavy atom. The third-order valence-electron chi connectivity index (χ3n) is 12.8. The van der Waals surface area contributed by atoms with Gasteiger partial charge in [0.05, 0.1) is 34.5 Å². The standard InChI is InChI=1S/C57H37BF6N4O/c1-3-42-48(35-14-7-5-8-15-35)53(67-52(42)37-19-25-40(26-20-37)56(59,60)61)50(39-23-29-45-47(31-39)69-46-30-24-34-13-11-12-18-44(34)51(45)46)55-49(36-16-9-6-10-17-36)43(4-2)54(68(55)58(32-65)33-66)38-21-27-41(28-22-38)57(62,63)64/h5-31H,3-4H2,1-2H3/b53-50-. The van der Waals surface area contributed by atoms with E-state index in [0.29, 0.717) is 91.3 Å². The summed E-state index contributed by atoms with van der Waals surface area (Å²) in [7, 11) is 0. The van der Waals surface area contributed by atoms with E-state index in [4.69, 9.17) is 9.41 Å². The van der Waals surface area contributed by atoms with E-state index in [9.17, 15) is 36.9 Å². The predicted octanol–water partition coefficient (Wildman–Crippen LogP) is 15.6. The van der Waals surface area contributed by atoms with Crippen LogP contribution in [0.15, 0.2) is 184 Å². The molecule has 7 aromatic carbocycles. The van der Waals surface area contributed by atoms with Crippen LogP contribution >= 0.6 is 0 Å². The van der Waals surface area contributed by atoms with Crippen LogP contribution in [0.5, 0.6) is 0 Å². The van der Waals surface area contributed by atoms with Crippen LogP contribution < -0.4 is 0 Å². The zero-order valence-corrected chi connectivity index (χ0v) is 37.0. The molecule has 0 fully saturated rings. The highest BCUT2D eigenvalue weighted by atomic mass is 19.4. The smallest absolute Gasteiger partial charge is 0.456 e. The molecule has 9 aromatic rings. The Labute approximate surface area is 393 Å². The van der Waals surface area contributed by atoms with Crippen molar-refractivity contribution in [2.45, 2.75) is 39.0 Å². The van der Waals surface area contributed by atoms with E-state index >= 15 is 0 Å². The minimum absolute atomic E-state index is 0.324. The second-order valence-electron chi connectivity index (χ2n) is 16.7.